The van der Waals surface area contributed by atoms with Crippen LogP contribution in [0.1, 0.15) is 105 Å². The fourth-order valence-corrected chi connectivity index (χ4v) is 9.13. The lowest BCUT2D eigenvalue weighted by Gasteiger charge is -2.57. The van der Waals surface area contributed by atoms with Crippen molar-refractivity contribution >= 4 is 5.97 Å². The summed E-state index contributed by atoms with van der Waals surface area (Å²) in [7, 11) is 0. The van der Waals surface area contributed by atoms with Crippen molar-refractivity contribution < 1.29 is 14.6 Å². The van der Waals surface area contributed by atoms with Crippen molar-refractivity contribution in [1.29, 1.82) is 5.26 Å². The smallest absolute Gasteiger partial charge is 0.316 e. The molecule has 0 amide bonds. The Morgan fingerprint density at radius 3 is 2.44 bits per heavy atom. The molecule has 4 aliphatic carbocycles. The Bertz CT molecular complexity index is 827. The number of ether oxygens (including phenoxy) is 1. The fourth-order valence-electron chi connectivity index (χ4n) is 9.13. The maximum Gasteiger partial charge on any atom is 0.316 e. The van der Waals surface area contributed by atoms with Gasteiger partial charge >= 0.3 is 5.97 Å². The Balaban J connectivity index is 1.51. The average molecular weight is 470 g/mol. The van der Waals surface area contributed by atoms with Gasteiger partial charge in [0.15, 0.2) is 0 Å². The molecule has 34 heavy (non-hydrogen) atoms. The number of carboxylic acids is 1. The molecule has 1 N–H and O–H groups in total. The van der Waals surface area contributed by atoms with Crippen molar-refractivity contribution in [3.63, 3.8) is 0 Å². The summed E-state index contributed by atoms with van der Waals surface area (Å²) in [4.78, 5) is 13.4. The van der Waals surface area contributed by atoms with E-state index in [1.165, 1.54) is 44.9 Å². The van der Waals surface area contributed by atoms with Crippen molar-refractivity contribution in [3.8, 4) is 6.07 Å². The number of unbranched alkanes of at least 4 members (excludes halogenated alkanes) is 7. The van der Waals surface area contributed by atoms with Gasteiger partial charge in [-0.15, -0.1) is 0 Å². The first kappa shape index (κ1) is 25.7. The monoisotopic (exact) mass is 469 g/mol. The number of fused-ring (bicyclic) bond motifs is 2. The molecule has 3 saturated carbocycles. The highest BCUT2D eigenvalue weighted by atomic mass is 16.5. The second-order valence-electron chi connectivity index (χ2n) is 12.4. The quantitative estimate of drug-likeness (QED) is 0.225. The lowest BCUT2D eigenvalue weighted by Crippen LogP contribution is -2.62. The van der Waals surface area contributed by atoms with Crippen molar-refractivity contribution in [2.75, 3.05) is 13.2 Å². The third-order valence-corrected chi connectivity index (χ3v) is 10.5. The molecule has 0 unspecified atom stereocenters. The van der Waals surface area contributed by atoms with Crippen molar-refractivity contribution in [2.45, 2.75) is 105 Å². The van der Waals surface area contributed by atoms with E-state index >= 15 is 0 Å². The van der Waals surface area contributed by atoms with Crippen LogP contribution in [0.4, 0.5) is 0 Å². The Kier molecular flexibility index (Phi) is 7.54. The van der Waals surface area contributed by atoms with E-state index in [2.05, 4.69) is 39.8 Å². The molecule has 4 heteroatoms. The van der Waals surface area contributed by atoms with Gasteiger partial charge in [-0.05, 0) is 55.3 Å². The third-order valence-electron chi connectivity index (χ3n) is 10.5. The summed E-state index contributed by atoms with van der Waals surface area (Å²) in [5.41, 5.74) is -1.31. The minimum Gasteiger partial charge on any atom is -0.481 e. The van der Waals surface area contributed by atoms with E-state index in [9.17, 15) is 15.2 Å². The summed E-state index contributed by atoms with van der Waals surface area (Å²) >= 11 is 0. The van der Waals surface area contributed by atoms with Crippen LogP contribution >= 0.6 is 0 Å². The zero-order valence-electron chi connectivity index (χ0n) is 22.1. The van der Waals surface area contributed by atoms with Gasteiger partial charge in [-0.1, -0.05) is 90.7 Å². The highest BCUT2D eigenvalue weighted by Gasteiger charge is 2.84. The van der Waals surface area contributed by atoms with Gasteiger partial charge in [0.2, 0.25) is 0 Å². The summed E-state index contributed by atoms with van der Waals surface area (Å²) in [6.07, 6.45) is 16.1. The molecular weight excluding hydrogens is 422 g/mol. The molecule has 0 aliphatic heterocycles. The molecule has 3 fully saturated rings. The number of carbonyl (C=O) groups is 1. The highest BCUT2D eigenvalue weighted by molar-refractivity contribution is 5.85. The molecule has 7 atom stereocenters. The number of hydrogen-bond donors (Lipinski definition) is 1. The average Bonchev–Trinajstić information content (AvgIpc) is 3.37. The third kappa shape index (κ3) is 3.51. The Labute approximate surface area is 207 Å². The molecule has 0 heterocycles. The van der Waals surface area contributed by atoms with Crippen molar-refractivity contribution in [1.82, 2.24) is 0 Å². The largest absolute Gasteiger partial charge is 0.481 e. The number of aliphatic carboxylic acids is 1. The topological polar surface area (TPSA) is 70.3 Å². The number of allylic oxidation sites excluding steroid dienone is 1. The number of nitriles is 1. The van der Waals surface area contributed by atoms with Gasteiger partial charge in [-0.2, -0.15) is 5.26 Å². The molecule has 4 bridgehead atoms. The van der Waals surface area contributed by atoms with Crippen LogP contribution in [-0.4, -0.2) is 24.3 Å². The zero-order chi connectivity index (χ0) is 24.6. The van der Waals surface area contributed by atoms with Gasteiger partial charge in [-0.25, -0.2) is 0 Å². The second-order valence-corrected chi connectivity index (χ2v) is 12.4. The summed E-state index contributed by atoms with van der Waals surface area (Å²) in [5.74, 6) is 0.743. The Hall–Kier alpha value is -1.34. The molecule has 0 aromatic rings. The first-order valence-corrected chi connectivity index (χ1v) is 14.3. The van der Waals surface area contributed by atoms with Crippen LogP contribution in [-0.2, 0) is 9.53 Å². The molecule has 0 radical (unpaired) electrons. The Morgan fingerprint density at radius 1 is 1.15 bits per heavy atom. The van der Waals surface area contributed by atoms with E-state index in [1.54, 1.807) is 0 Å². The van der Waals surface area contributed by atoms with Crippen LogP contribution in [0.2, 0.25) is 0 Å². The first-order chi connectivity index (χ1) is 16.3. The fraction of sp³-hybridized carbons (Fsp3) is 0.867. The lowest BCUT2D eigenvalue weighted by molar-refractivity contribution is -0.179. The van der Waals surface area contributed by atoms with Crippen molar-refractivity contribution in [3.05, 3.63) is 11.6 Å². The molecule has 0 spiro atoms. The summed E-state index contributed by atoms with van der Waals surface area (Å²) < 4.78 is 6.39. The van der Waals surface area contributed by atoms with E-state index in [0.29, 0.717) is 31.5 Å². The predicted octanol–water partition coefficient (Wildman–Crippen LogP) is 7.39. The minimum absolute atomic E-state index is 0.136. The van der Waals surface area contributed by atoms with E-state index in [1.807, 2.05) is 0 Å². The van der Waals surface area contributed by atoms with E-state index in [-0.39, 0.29) is 17.8 Å². The standard InChI is InChI=1S/C30H47NO3/c1-5-6-7-8-9-10-11-12-15-34-20-29-18-24-22(4)13-14-25(24)28(19-31)17-23(29)16-26(21(2)3)30(28,29)27(32)33/h16,21-25H,5-15,17-18,20H2,1-4H3,(H,32,33)/t22-,23+,24-,25-,28+,29+,30+/m0/s1. The van der Waals surface area contributed by atoms with Crippen LogP contribution in [0.15, 0.2) is 11.6 Å². The van der Waals surface area contributed by atoms with Gasteiger partial charge in [0.25, 0.3) is 0 Å². The van der Waals surface area contributed by atoms with Gasteiger partial charge in [-0.3, -0.25) is 4.79 Å². The minimum atomic E-state index is -1.09. The summed E-state index contributed by atoms with van der Waals surface area (Å²) in [6, 6.07) is 2.73. The SMILES string of the molecule is CCCCCCCCCCOC[C@]12C[C@H]3[C@@H](C)CC[C@@H]3[C@]3(C#N)C[C@H]1C=C(C(C)C)[C@]23C(=O)O. The molecule has 0 saturated heterocycles. The summed E-state index contributed by atoms with van der Waals surface area (Å²) in [6.45, 7) is 10.00. The molecule has 0 aromatic heterocycles. The lowest BCUT2D eigenvalue weighted by atomic mass is 9.43. The van der Waals surface area contributed by atoms with Crippen molar-refractivity contribution in [2.24, 2.45) is 45.8 Å². The second kappa shape index (κ2) is 9.96. The van der Waals surface area contributed by atoms with E-state index in [4.69, 9.17) is 4.74 Å². The molecule has 4 nitrogen and oxygen atoms in total. The molecule has 190 valence electrons. The van der Waals surface area contributed by atoms with Crippen LogP contribution in [0.3, 0.4) is 0 Å². The highest BCUT2D eigenvalue weighted by Crippen LogP contribution is 2.83. The number of carboxylic acid groups (broad SMARTS) is 1. The van der Waals surface area contributed by atoms with Gasteiger partial charge in [0.05, 0.1) is 18.1 Å². The van der Waals surface area contributed by atoms with Crippen LogP contribution in [0.5, 0.6) is 0 Å². The summed E-state index contributed by atoms with van der Waals surface area (Å²) in [5, 5.41) is 21.7. The van der Waals surface area contributed by atoms with Crippen LogP contribution in [0, 0.1) is 57.2 Å². The van der Waals surface area contributed by atoms with E-state index < -0.39 is 22.2 Å². The number of rotatable bonds is 13. The number of nitrogens with zero attached hydrogens (tertiary/aromatic N) is 1. The normalized spacial score (nSPS) is 39.8. The first-order valence-electron chi connectivity index (χ1n) is 14.3. The zero-order valence-corrected chi connectivity index (χ0v) is 22.1. The number of hydrogen-bond acceptors (Lipinski definition) is 3. The molecule has 0 aromatic carbocycles. The van der Waals surface area contributed by atoms with Gasteiger partial charge in [0, 0.05) is 12.0 Å². The van der Waals surface area contributed by atoms with Gasteiger partial charge in [0.1, 0.15) is 5.41 Å². The van der Waals surface area contributed by atoms with Gasteiger partial charge < -0.3 is 9.84 Å². The molecule has 4 rings (SSSR count). The van der Waals surface area contributed by atoms with Crippen LogP contribution in [0.25, 0.3) is 0 Å². The predicted molar refractivity (Wildman–Crippen MR) is 135 cm³/mol. The molecule has 4 aliphatic rings. The maximum atomic E-state index is 13.4. The maximum absolute atomic E-state index is 13.4. The molecular formula is C30H47NO3. The van der Waals surface area contributed by atoms with Crippen LogP contribution < -0.4 is 0 Å². The van der Waals surface area contributed by atoms with E-state index in [0.717, 1.165) is 31.3 Å². The Morgan fingerprint density at radius 2 is 1.82 bits per heavy atom.